The van der Waals surface area contributed by atoms with Gasteiger partial charge < -0.3 is 10.1 Å². The quantitative estimate of drug-likeness (QED) is 0.258. The molecule has 0 aromatic heterocycles. The Balaban J connectivity index is 2.15. The van der Waals surface area contributed by atoms with Crippen LogP contribution < -0.4 is 16.6 Å². The van der Waals surface area contributed by atoms with Crippen molar-refractivity contribution >= 4 is 5.96 Å². The van der Waals surface area contributed by atoms with Gasteiger partial charge in [-0.15, -0.1) is 0 Å². The average Bonchev–Trinajstić information content (AvgIpc) is 2.69. The van der Waals surface area contributed by atoms with Crippen LogP contribution in [0.1, 0.15) is 26.2 Å². The zero-order valence-corrected chi connectivity index (χ0v) is 8.75. The van der Waals surface area contributed by atoms with E-state index in [0.717, 1.165) is 26.1 Å². The fourth-order valence-corrected chi connectivity index (χ4v) is 1.51. The molecule has 1 saturated heterocycles. The predicted octanol–water partition coefficient (Wildman–Crippen LogP) is -0.0157. The first-order chi connectivity index (χ1) is 6.86. The van der Waals surface area contributed by atoms with E-state index in [0.29, 0.717) is 12.1 Å². The Morgan fingerprint density at radius 1 is 1.64 bits per heavy atom. The van der Waals surface area contributed by atoms with Gasteiger partial charge in [0.25, 0.3) is 0 Å². The van der Waals surface area contributed by atoms with Crippen LogP contribution in [-0.2, 0) is 4.74 Å². The molecule has 82 valence electrons. The van der Waals surface area contributed by atoms with Gasteiger partial charge >= 0.3 is 0 Å². The van der Waals surface area contributed by atoms with Gasteiger partial charge in [0.15, 0.2) is 0 Å². The molecule has 0 aliphatic carbocycles. The molecule has 1 aliphatic heterocycles. The third kappa shape index (κ3) is 3.93. The second-order valence-electron chi connectivity index (χ2n) is 3.33. The molecule has 0 amide bonds. The summed E-state index contributed by atoms with van der Waals surface area (Å²) in [5.41, 5.74) is 2.53. The molecule has 0 radical (unpaired) electrons. The summed E-state index contributed by atoms with van der Waals surface area (Å²) in [6.45, 7) is 4.50. The monoisotopic (exact) mass is 200 g/mol. The molecule has 0 saturated carbocycles. The number of nitrogens with two attached hydrogens (primary N) is 1. The van der Waals surface area contributed by atoms with Gasteiger partial charge in [-0.2, -0.15) is 0 Å². The van der Waals surface area contributed by atoms with Gasteiger partial charge in [-0.3, -0.25) is 10.4 Å². The summed E-state index contributed by atoms with van der Waals surface area (Å²) in [4.78, 5) is 4.28. The van der Waals surface area contributed by atoms with Gasteiger partial charge in [-0.05, 0) is 26.2 Å². The van der Waals surface area contributed by atoms with Crippen molar-refractivity contribution in [1.29, 1.82) is 0 Å². The number of nitrogens with zero attached hydrogens (tertiary/aromatic N) is 1. The van der Waals surface area contributed by atoms with Crippen LogP contribution in [0, 0.1) is 0 Å². The topological polar surface area (TPSA) is 71.7 Å². The fraction of sp³-hybridized carbons (Fsp3) is 0.889. The summed E-state index contributed by atoms with van der Waals surface area (Å²) >= 11 is 0. The zero-order valence-electron chi connectivity index (χ0n) is 8.75. The first kappa shape index (κ1) is 11.3. The van der Waals surface area contributed by atoms with Crippen LogP contribution in [0.15, 0.2) is 4.99 Å². The molecule has 1 unspecified atom stereocenters. The van der Waals surface area contributed by atoms with E-state index in [-0.39, 0.29) is 0 Å². The van der Waals surface area contributed by atoms with Crippen molar-refractivity contribution in [2.75, 3.05) is 19.7 Å². The molecule has 5 nitrogen and oxygen atoms in total. The van der Waals surface area contributed by atoms with Crippen LogP contribution in [0.4, 0.5) is 0 Å². The number of guanidine groups is 1. The van der Waals surface area contributed by atoms with Crippen LogP contribution in [0.25, 0.3) is 0 Å². The molecule has 5 heteroatoms. The molecule has 1 atom stereocenters. The lowest BCUT2D eigenvalue weighted by Crippen LogP contribution is -2.41. The van der Waals surface area contributed by atoms with E-state index in [1.54, 1.807) is 0 Å². The molecular weight excluding hydrogens is 180 g/mol. The van der Waals surface area contributed by atoms with E-state index in [4.69, 9.17) is 10.6 Å². The van der Waals surface area contributed by atoms with E-state index in [2.05, 4.69) is 15.7 Å². The highest BCUT2D eigenvalue weighted by Crippen LogP contribution is 2.14. The number of hydrogen-bond acceptors (Lipinski definition) is 3. The van der Waals surface area contributed by atoms with Crippen molar-refractivity contribution in [2.24, 2.45) is 10.8 Å². The number of hydrogen-bond donors (Lipinski definition) is 3. The third-order valence-electron chi connectivity index (χ3n) is 2.23. The minimum atomic E-state index is 0.402. The Morgan fingerprint density at radius 3 is 3.07 bits per heavy atom. The van der Waals surface area contributed by atoms with E-state index in [9.17, 15) is 0 Å². The van der Waals surface area contributed by atoms with E-state index >= 15 is 0 Å². The standard InChI is InChI=1S/C9H20N4O/c1-2-11-9(13-10)12-6-5-8-4-3-7-14-8/h8H,2-7,10H2,1H3,(H2,11,12,13). The van der Waals surface area contributed by atoms with Gasteiger partial charge in [0.1, 0.15) is 0 Å². The number of rotatable bonds is 4. The summed E-state index contributed by atoms with van der Waals surface area (Å²) in [7, 11) is 0. The lowest BCUT2D eigenvalue weighted by molar-refractivity contribution is 0.106. The second-order valence-corrected chi connectivity index (χ2v) is 3.33. The summed E-state index contributed by atoms with van der Waals surface area (Å²) < 4.78 is 5.49. The molecule has 14 heavy (non-hydrogen) atoms. The number of aliphatic imine (C=N–C) groups is 1. The smallest absolute Gasteiger partial charge is 0.205 e. The van der Waals surface area contributed by atoms with E-state index in [1.165, 1.54) is 12.8 Å². The maximum absolute atomic E-state index is 5.49. The van der Waals surface area contributed by atoms with Crippen molar-refractivity contribution in [2.45, 2.75) is 32.3 Å². The second kappa shape index (κ2) is 6.62. The number of nitrogens with one attached hydrogen (secondary N) is 2. The molecule has 4 N–H and O–H groups in total. The molecular formula is C9H20N4O. The third-order valence-corrected chi connectivity index (χ3v) is 2.23. The minimum Gasteiger partial charge on any atom is -0.378 e. The average molecular weight is 200 g/mol. The van der Waals surface area contributed by atoms with Crippen molar-refractivity contribution in [3.05, 3.63) is 0 Å². The molecule has 0 aromatic carbocycles. The molecule has 1 rings (SSSR count). The Labute approximate surface area is 85.1 Å². The summed E-state index contributed by atoms with van der Waals surface area (Å²) in [6.07, 6.45) is 3.74. The zero-order chi connectivity index (χ0) is 10.2. The van der Waals surface area contributed by atoms with Crippen molar-refractivity contribution < 1.29 is 4.74 Å². The lowest BCUT2D eigenvalue weighted by atomic mass is 10.2. The van der Waals surface area contributed by atoms with Crippen molar-refractivity contribution in [1.82, 2.24) is 10.7 Å². The first-order valence-corrected chi connectivity index (χ1v) is 5.23. The largest absolute Gasteiger partial charge is 0.378 e. The maximum atomic E-state index is 5.49. The first-order valence-electron chi connectivity index (χ1n) is 5.23. The molecule has 1 aliphatic rings. The van der Waals surface area contributed by atoms with Crippen LogP contribution in [0.3, 0.4) is 0 Å². The van der Waals surface area contributed by atoms with Gasteiger partial charge in [0.05, 0.1) is 6.10 Å². The predicted molar refractivity (Wildman–Crippen MR) is 56.9 cm³/mol. The van der Waals surface area contributed by atoms with Crippen LogP contribution in [0.5, 0.6) is 0 Å². The highest BCUT2D eigenvalue weighted by Gasteiger charge is 2.14. The molecule has 1 heterocycles. The summed E-state index contributed by atoms with van der Waals surface area (Å²) in [5.74, 6) is 5.94. The SMILES string of the molecule is CCNC(=NCCC1CCCO1)NN. The van der Waals surface area contributed by atoms with Gasteiger partial charge in [0, 0.05) is 19.7 Å². The Hall–Kier alpha value is -0.810. The van der Waals surface area contributed by atoms with Gasteiger partial charge in [-0.1, -0.05) is 0 Å². The Kier molecular flexibility index (Phi) is 5.32. The van der Waals surface area contributed by atoms with Crippen LogP contribution in [0.2, 0.25) is 0 Å². The Bertz CT molecular complexity index is 178. The van der Waals surface area contributed by atoms with Crippen LogP contribution >= 0.6 is 0 Å². The Morgan fingerprint density at radius 2 is 2.50 bits per heavy atom. The molecule has 1 fully saturated rings. The van der Waals surface area contributed by atoms with Crippen LogP contribution in [-0.4, -0.2) is 31.8 Å². The highest BCUT2D eigenvalue weighted by atomic mass is 16.5. The van der Waals surface area contributed by atoms with Gasteiger partial charge in [-0.25, -0.2) is 5.84 Å². The highest BCUT2D eigenvalue weighted by molar-refractivity contribution is 5.78. The summed E-state index contributed by atoms with van der Waals surface area (Å²) in [6, 6.07) is 0. The van der Waals surface area contributed by atoms with Crippen molar-refractivity contribution in [3.63, 3.8) is 0 Å². The van der Waals surface area contributed by atoms with Crippen molar-refractivity contribution in [3.8, 4) is 0 Å². The molecule has 0 spiro atoms. The maximum Gasteiger partial charge on any atom is 0.205 e. The lowest BCUT2D eigenvalue weighted by Gasteiger charge is -2.09. The minimum absolute atomic E-state index is 0.402. The summed E-state index contributed by atoms with van der Waals surface area (Å²) in [5, 5.41) is 3.03. The van der Waals surface area contributed by atoms with E-state index < -0.39 is 0 Å². The van der Waals surface area contributed by atoms with Gasteiger partial charge in [0.2, 0.25) is 5.96 Å². The normalized spacial score (nSPS) is 22.4. The fourth-order valence-electron chi connectivity index (χ4n) is 1.51. The number of hydrazine groups is 1. The number of ether oxygens (including phenoxy) is 1. The van der Waals surface area contributed by atoms with E-state index in [1.807, 2.05) is 6.92 Å². The molecule has 0 aromatic rings. The molecule has 0 bridgehead atoms.